The quantitative estimate of drug-likeness (QED) is 0.906. The van der Waals surface area contributed by atoms with Crippen LogP contribution in [0.2, 0.25) is 0 Å². The largest absolute Gasteiger partial charge is 0.480 e. The molecule has 0 amide bonds. The number of hydrogen-bond acceptors (Lipinski definition) is 4. The van der Waals surface area contributed by atoms with Gasteiger partial charge in [-0.05, 0) is 54.8 Å². The second-order valence-electron chi connectivity index (χ2n) is 6.65. The molecule has 2 aromatic carbocycles. The number of rotatable bonds is 4. The summed E-state index contributed by atoms with van der Waals surface area (Å²) in [6.45, 7) is 0.856. The van der Waals surface area contributed by atoms with Crippen LogP contribution in [0.3, 0.4) is 0 Å². The summed E-state index contributed by atoms with van der Waals surface area (Å²) in [5, 5.41) is 9.70. The molecule has 0 aliphatic carbocycles. The Morgan fingerprint density at radius 1 is 1.08 bits per heavy atom. The van der Waals surface area contributed by atoms with E-state index < -0.39 is 12.0 Å². The molecule has 0 bridgehead atoms. The molecule has 1 fully saturated rings. The summed E-state index contributed by atoms with van der Waals surface area (Å²) in [5.41, 5.74) is 1.77. The summed E-state index contributed by atoms with van der Waals surface area (Å²) in [7, 11) is 0. The highest BCUT2D eigenvalue weighted by Gasteiger charge is 2.35. The molecule has 1 N–H and O–H groups in total. The molecule has 0 saturated carbocycles. The lowest BCUT2D eigenvalue weighted by Crippen LogP contribution is -2.46. The van der Waals surface area contributed by atoms with Gasteiger partial charge in [-0.3, -0.25) is 9.69 Å². The van der Waals surface area contributed by atoms with Gasteiger partial charge < -0.3 is 14.6 Å². The number of carboxylic acid groups (broad SMARTS) is 1. The number of likely N-dealkylation sites (tertiary alicyclic amines) is 1. The van der Waals surface area contributed by atoms with Crippen molar-refractivity contribution >= 4 is 5.97 Å². The van der Waals surface area contributed by atoms with Gasteiger partial charge in [0.1, 0.15) is 11.9 Å². The molecule has 2 aliphatic heterocycles. The van der Waals surface area contributed by atoms with Crippen molar-refractivity contribution in [3.8, 4) is 11.5 Å². The maximum atomic E-state index is 13.4. The van der Waals surface area contributed by atoms with Crippen LogP contribution in [0.25, 0.3) is 0 Å². The van der Waals surface area contributed by atoms with E-state index in [0.717, 1.165) is 24.0 Å². The van der Waals surface area contributed by atoms with Crippen molar-refractivity contribution in [1.82, 2.24) is 4.90 Å². The number of carboxylic acids is 1. The predicted molar refractivity (Wildman–Crippen MR) is 92.8 cm³/mol. The van der Waals surface area contributed by atoms with Crippen molar-refractivity contribution in [3.05, 3.63) is 59.4 Å². The highest BCUT2D eigenvalue weighted by molar-refractivity contribution is 5.73. The fourth-order valence-corrected chi connectivity index (χ4v) is 3.83. The molecule has 2 atom stereocenters. The summed E-state index contributed by atoms with van der Waals surface area (Å²) in [6, 6.07) is 11.1. The van der Waals surface area contributed by atoms with E-state index in [9.17, 15) is 14.3 Å². The van der Waals surface area contributed by atoms with Crippen LogP contribution in [0.5, 0.6) is 11.5 Å². The van der Waals surface area contributed by atoms with Crippen LogP contribution in [0.4, 0.5) is 4.39 Å². The van der Waals surface area contributed by atoms with Crippen LogP contribution < -0.4 is 9.47 Å². The number of carbonyl (C=O) groups is 1. The van der Waals surface area contributed by atoms with Crippen molar-refractivity contribution in [2.45, 2.75) is 31.3 Å². The lowest BCUT2D eigenvalue weighted by molar-refractivity contribution is -0.145. The van der Waals surface area contributed by atoms with Gasteiger partial charge in [0.25, 0.3) is 0 Å². The minimum absolute atomic E-state index is 0.182. The van der Waals surface area contributed by atoms with E-state index in [1.54, 1.807) is 12.1 Å². The van der Waals surface area contributed by atoms with Gasteiger partial charge >= 0.3 is 5.97 Å². The number of nitrogens with zero attached hydrogens (tertiary/aromatic N) is 1. The van der Waals surface area contributed by atoms with Gasteiger partial charge in [-0.15, -0.1) is 0 Å². The first-order valence-corrected chi connectivity index (χ1v) is 8.77. The van der Waals surface area contributed by atoms with Crippen LogP contribution in [0.1, 0.15) is 36.4 Å². The van der Waals surface area contributed by atoms with Crippen molar-refractivity contribution < 1.29 is 23.8 Å². The SMILES string of the molecule is O=C(O)C1CCCCN1C(c1ccc(F)cc1)c1ccc2c(c1)OCO2. The highest BCUT2D eigenvalue weighted by atomic mass is 19.1. The normalized spacial score (nSPS) is 20.7. The van der Waals surface area contributed by atoms with E-state index in [1.807, 2.05) is 23.1 Å². The van der Waals surface area contributed by atoms with Gasteiger partial charge in [-0.2, -0.15) is 0 Å². The van der Waals surface area contributed by atoms with Gasteiger partial charge in [0.2, 0.25) is 6.79 Å². The van der Waals surface area contributed by atoms with Gasteiger partial charge in [-0.1, -0.05) is 24.6 Å². The third kappa shape index (κ3) is 3.12. The summed E-state index contributed by atoms with van der Waals surface area (Å²) < 4.78 is 24.3. The summed E-state index contributed by atoms with van der Waals surface area (Å²) >= 11 is 0. The van der Waals surface area contributed by atoms with Crippen LogP contribution in [-0.2, 0) is 4.79 Å². The van der Waals surface area contributed by atoms with Gasteiger partial charge in [-0.25, -0.2) is 4.39 Å². The van der Waals surface area contributed by atoms with E-state index in [4.69, 9.17) is 9.47 Å². The molecule has 2 aromatic rings. The average molecular weight is 357 g/mol. The minimum Gasteiger partial charge on any atom is -0.480 e. The van der Waals surface area contributed by atoms with Crippen LogP contribution in [0, 0.1) is 5.82 Å². The predicted octanol–water partition coefficient (Wildman–Crippen LogP) is 3.58. The lowest BCUT2D eigenvalue weighted by atomic mass is 9.91. The Morgan fingerprint density at radius 2 is 1.81 bits per heavy atom. The fraction of sp³-hybridized carbons (Fsp3) is 0.350. The third-order valence-electron chi connectivity index (χ3n) is 5.06. The van der Waals surface area contributed by atoms with Crippen molar-refractivity contribution in [2.75, 3.05) is 13.3 Å². The van der Waals surface area contributed by atoms with E-state index >= 15 is 0 Å². The van der Waals surface area contributed by atoms with Gasteiger partial charge in [0.05, 0.1) is 6.04 Å². The summed E-state index contributed by atoms with van der Waals surface area (Å²) in [4.78, 5) is 13.8. The van der Waals surface area contributed by atoms with Crippen LogP contribution in [0.15, 0.2) is 42.5 Å². The second-order valence-corrected chi connectivity index (χ2v) is 6.65. The number of aliphatic carboxylic acids is 1. The fourth-order valence-electron chi connectivity index (χ4n) is 3.83. The maximum absolute atomic E-state index is 13.4. The summed E-state index contributed by atoms with van der Waals surface area (Å²) in [5.74, 6) is 0.197. The summed E-state index contributed by atoms with van der Waals surface area (Å²) in [6.07, 6.45) is 2.44. The number of fused-ring (bicyclic) bond motifs is 1. The zero-order chi connectivity index (χ0) is 18.1. The Kier molecular flexibility index (Phi) is 4.51. The molecule has 136 valence electrons. The zero-order valence-corrected chi connectivity index (χ0v) is 14.2. The van der Waals surface area contributed by atoms with Crippen molar-refractivity contribution in [3.63, 3.8) is 0 Å². The third-order valence-corrected chi connectivity index (χ3v) is 5.06. The molecule has 4 rings (SSSR count). The highest BCUT2D eigenvalue weighted by Crippen LogP contribution is 2.39. The number of hydrogen-bond donors (Lipinski definition) is 1. The minimum atomic E-state index is -0.822. The molecule has 1 saturated heterocycles. The van der Waals surface area contributed by atoms with Crippen LogP contribution >= 0.6 is 0 Å². The smallest absolute Gasteiger partial charge is 0.320 e. The number of piperidine rings is 1. The molecule has 2 aliphatic rings. The molecule has 6 heteroatoms. The van der Waals surface area contributed by atoms with E-state index in [2.05, 4.69) is 0 Å². The molecule has 0 spiro atoms. The van der Waals surface area contributed by atoms with E-state index in [0.29, 0.717) is 24.5 Å². The molecule has 2 unspecified atom stereocenters. The van der Waals surface area contributed by atoms with Gasteiger partial charge in [0.15, 0.2) is 11.5 Å². The van der Waals surface area contributed by atoms with Gasteiger partial charge in [0, 0.05) is 0 Å². The molecule has 2 heterocycles. The van der Waals surface area contributed by atoms with E-state index in [-0.39, 0.29) is 18.7 Å². The average Bonchev–Trinajstić information content (AvgIpc) is 3.12. The first kappa shape index (κ1) is 16.8. The van der Waals surface area contributed by atoms with Crippen molar-refractivity contribution in [2.24, 2.45) is 0 Å². The number of ether oxygens (including phenoxy) is 2. The Balaban J connectivity index is 1.78. The molecule has 0 radical (unpaired) electrons. The second kappa shape index (κ2) is 6.96. The standard InChI is InChI=1S/C20H20FNO4/c21-15-7-4-13(5-8-15)19(22-10-2-1-3-16(22)20(23)24)14-6-9-17-18(11-14)26-12-25-17/h4-9,11,16,19H,1-3,10,12H2,(H,23,24). The first-order valence-electron chi connectivity index (χ1n) is 8.77. The molecule has 26 heavy (non-hydrogen) atoms. The van der Waals surface area contributed by atoms with E-state index in [1.165, 1.54) is 12.1 Å². The monoisotopic (exact) mass is 357 g/mol. The lowest BCUT2D eigenvalue weighted by Gasteiger charge is -2.39. The topological polar surface area (TPSA) is 59.0 Å². The Bertz CT molecular complexity index is 808. The van der Waals surface area contributed by atoms with Crippen molar-refractivity contribution in [1.29, 1.82) is 0 Å². The number of benzene rings is 2. The zero-order valence-electron chi connectivity index (χ0n) is 14.2. The maximum Gasteiger partial charge on any atom is 0.320 e. The number of halogens is 1. The molecular formula is C20H20FNO4. The Hall–Kier alpha value is -2.60. The molecule has 5 nitrogen and oxygen atoms in total. The van der Waals surface area contributed by atoms with Crippen LogP contribution in [-0.4, -0.2) is 35.4 Å². The molecule has 0 aromatic heterocycles. The Labute approximate surface area is 151 Å². The first-order chi connectivity index (χ1) is 12.6. The Morgan fingerprint density at radius 3 is 2.58 bits per heavy atom. The molecular weight excluding hydrogens is 337 g/mol.